The van der Waals surface area contributed by atoms with Crippen LogP contribution in [-0.2, 0) is 4.79 Å². The van der Waals surface area contributed by atoms with Gasteiger partial charge in [-0.1, -0.05) is 13.8 Å². The van der Waals surface area contributed by atoms with E-state index in [0.29, 0.717) is 0 Å². The summed E-state index contributed by atoms with van der Waals surface area (Å²) in [6.45, 7) is 7.04. The van der Waals surface area contributed by atoms with Crippen molar-refractivity contribution in [2.75, 3.05) is 0 Å². The zero-order chi connectivity index (χ0) is 9.23. The third-order valence-electron chi connectivity index (χ3n) is 1.75. The topological polar surface area (TPSA) is 17.1 Å². The Morgan fingerprint density at radius 2 is 1.73 bits per heavy atom. The smallest absolute Gasteiger partial charge is 0.157 e. The molecule has 0 fully saturated rings. The summed E-state index contributed by atoms with van der Waals surface area (Å²) in [5, 5.41) is -0.334. The van der Waals surface area contributed by atoms with E-state index in [9.17, 15) is 4.79 Å². The lowest BCUT2D eigenvalue weighted by molar-refractivity contribution is -0.124. The Kier molecular flexibility index (Phi) is 3.86. The van der Waals surface area contributed by atoms with Crippen LogP contribution in [0.15, 0.2) is 0 Å². The first-order valence-electron chi connectivity index (χ1n) is 3.67. The summed E-state index contributed by atoms with van der Waals surface area (Å²) in [6, 6.07) is 0. The average molecular weight is 197 g/mol. The van der Waals surface area contributed by atoms with Gasteiger partial charge in [0, 0.05) is 5.92 Å². The summed E-state index contributed by atoms with van der Waals surface area (Å²) in [4.78, 5) is 10.5. The van der Waals surface area contributed by atoms with Crippen molar-refractivity contribution in [1.29, 1.82) is 0 Å². The van der Waals surface area contributed by atoms with Gasteiger partial charge >= 0.3 is 0 Å². The number of ketones is 1. The standard InChI is InChI=1S/C8H14Cl2O/c1-5(2)7(11)8(4,10)6(3)9/h5-6H,1-4H3/t6-,8+/m0/s1. The molecule has 0 aliphatic heterocycles. The van der Waals surface area contributed by atoms with E-state index in [4.69, 9.17) is 23.2 Å². The minimum absolute atomic E-state index is 0.00154. The van der Waals surface area contributed by atoms with Crippen LogP contribution in [0.3, 0.4) is 0 Å². The lowest BCUT2D eigenvalue weighted by Gasteiger charge is -2.24. The maximum Gasteiger partial charge on any atom is 0.157 e. The maximum atomic E-state index is 11.4. The summed E-state index contributed by atoms with van der Waals surface area (Å²) < 4.78 is 0. The van der Waals surface area contributed by atoms with Gasteiger partial charge in [0.2, 0.25) is 0 Å². The Balaban J connectivity index is 4.43. The van der Waals surface area contributed by atoms with Gasteiger partial charge in [0.15, 0.2) is 5.78 Å². The van der Waals surface area contributed by atoms with Crippen LogP contribution in [-0.4, -0.2) is 16.0 Å². The van der Waals surface area contributed by atoms with Crippen LogP contribution in [0.2, 0.25) is 0 Å². The number of rotatable bonds is 3. The van der Waals surface area contributed by atoms with Crippen LogP contribution >= 0.6 is 23.2 Å². The molecule has 66 valence electrons. The van der Waals surface area contributed by atoms with Gasteiger partial charge in [-0.2, -0.15) is 0 Å². The van der Waals surface area contributed by atoms with Crippen molar-refractivity contribution in [2.24, 2.45) is 5.92 Å². The van der Waals surface area contributed by atoms with Gasteiger partial charge in [-0.25, -0.2) is 0 Å². The molecule has 2 atom stereocenters. The van der Waals surface area contributed by atoms with E-state index in [1.807, 2.05) is 13.8 Å². The Hall–Kier alpha value is 0.250. The molecule has 0 saturated heterocycles. The second-order valence-corrected chi connectivity index (χ2v) is 4.65. The number of carbonyl (C=O) groups excluding carboxylic acids is 1. The van der Waals surface area contributed by atoms with E-state index >= 15 is 0 Å². The fraction of sp³-hybridized carbons (Fsp3) is 0.875. The highest BCUT2D eigenvalue weighted by molar-refractivity contribution is 6.41. The van der Waals surface area contributed by atoms with Crippen LogP contribution in [0.1, 0.15) is 27.7 Å². The second kappa shape index (κ2) is 3.77. The first-order valence-corrected chi connectivity index (χ1v) is 4.49. The van der Waals surface area contributed by atoms with Gasteiger partial charge < -0.3 is 0 Å². The number of alkyl halides is 2. The molecule has 0 heterocycles. The van der Waals surface area contributed by atoms with Crippen LogP contribution in [0.25, 0.3) is 0 Å². The highest BCUT2D eigenvalue weighted by Crippen LogP contribution is 2.27. The zero-order valence-corrected chi connectivity index (χ0v) is 8.83. The number of halogens is 2. The van der Waals surface area contributed by atoms with Crippen molar-refractivity contribution in [1.82, 2.24) is 0 Å². The normalized spacial score (nSPS) is 19.5. The van der Waals surface area contributed by atoms with Gasteiger partial charge in [-0.15, -0.1) is 23.2 Å². The van der Waals surface area contributed by atoms with E-state index in [1.54, 1.807) is 13.8 Å². The van der Waals surface area contributed by atoms with Gasteiger partial charge in [0.25, 0.3) is 0 Å². The molecule has 0 N–H and O–H groups in total. The first-order chi connectivity index (χ1) is 4.80. The highest BCUT2D eigenvalue weighted by Gasteiger charge is 2.36. The molecule has 0 aliphatic rings. The minimum Gasteiger partial charge on any atom is -0.297 e. The lowest BCUT2D eigenvalue weighted by Crippen LogP contribution is -2.39. The molecule has 0 aromatic heterocycles. The summed E-state index contributed by atoms with van der Waals surface area (Å²) in [5.41, 5.74) is 0. The Labute approximate surface area is 78.1 Å². The third kappa shape index (κ3) is 2.64. The fourth-order valence-corrected chi connectivity index (χ4v) is 1.09. The van der Waals surface area contributed by atoms with Gasteiger partial charge in [-0.3, -0.25) is 4.79 Å². The largest absolute Gasteiger partial charge is 0.297 e. The monoisotopic (exact) mass is 196 g/mol. The van der Waals surface area contributed by atoms with Crippen LogP contribution in [0, 0.1) is 5.92 Å². The van der Waals surface area contributed by atoms with E-state index in [-0.39, 0.29) is 17.1 Å². The van der Waals surface area contributed by atoms with Crippen LogP contribution in [0.5, 0.6) is 0 Å². The molecule has 0 bridgehead atoms. The first kappa shape index (κ1) is 11.2. The summed E-state index contributed by atoms with van der Waals surface area (Å²) in [5.74, 6) is -0.0552. The lowest BCUT2D eigenvalue weighted by atomic mass is 9.94. The molecule has 0 aromatic rings. The number of hydrogen-bond donors (Lipinski definition) is 0. The molecule has 0 rings (SSSR count). The molecule has 0 amide bonds. The Morgan fingerprint density at radius 1 is 1.36 bits per heavy atom. The molecular weight excluding hydrogens is 183 g/mol. The van der Waals surface area contributed by atoms with Gasteiger partial charge in [-0.05, 0) is 13.8 Å². The molecule has 0 aromatic carbocycles. The predicted octanol–water partition coefficient (Wildman–Crippen LogP) is 2.84. The van der Waals surface area contributed by atoms with Gasteiger partial charge in [0.05, 0.1) is 5.38 Å². The molecule has 0 unspecified atom stereocenters. The maximum absolute atomic E-state index is 11.4. The van der Waals surface area contributed by atoms with E-state index in [0.717, 1.165) is 0 Å². The molecular formula is C8H14Cl2O. The van der Waals surface area contributed by atoms with Crippen LogP contribution < -0.4 is 0 Å². The zero-order valence-electron chi connectivity index (χ0n) is 7.32. The second-order valence-electron chi connectivity index (χ2n) is 3.21. The van der Waals surface area contributed by atoms with Crippen molar-refractivity contribution >= 4 is 29.0 Å². The number of hydrogen-bond acceptors (Lipinski definition) is 1. The molecule has 0 aliphatic carbocycles. The van der Waals surface area contributed by atoms with Crippen molar-refractivity contribution in [2.45, 2.75) is 37.9 Å². The quantitative estimate of drug-likeness (QED) is 0.635. The molecule has 0 saturated carbocycles. The molecule has 11 heavy (non-hydrogen) atoms. The van der Waals surface area contributed by atoms with E-state index in [2.05, 4.69) is 0 Å². The van der Waals surface area contributed by atoms with Crippen molar-refractivity contribution in [3.05, 3.63) is 0 Å². The summed E-state index contributed by atoms with van der Waals surface area (Å²) in [7, 11) is 0. The number of carbonyl (C=O) groups is 1. The molecule has 3 heteroatoms. The van der Waals surface area contributed by atoms with Crippen molar-refractivity contribution in [3.8, 4) is 0 Å². The Morgan fingerprint density at radius 3 is 1.82 bits per heavy atom. The summed E-state index contributed by atoms with van der Waals surface area (Å²) in [6.07, 6.45) is 0. The van der Waals surface area contributed by atoms with Gasteiger partial charge in [0.1, 0.15) is 4.87 Å². The van der Waals surface area contributed by atoms with E-state index in [1.165, 1.54) is 0 Å². The predicted molar refractivity (Wildman–Crippen MR) is 49.4 cm³/mol. The van der Waals surface area contributed by atoms with Crippen LogP contribution in [0.4, 0.5) is 0 Å². The minimum atomic E-state index is -0.921. The van der Waals surface area contributed by atoms with E-state index < -0.39 is 4.87 Å². The third-order valence-corrected chi connectivity index (χ3v) is 2.81. The Bertz CT molecular complexity index is 150. The number of Topliss-reactive ketones (excluding diaryl/α,β-unsaturated/α-hetero) is 1. The molecule has 1 nitrogen and oxygen atoms in total. The van der Waals surface area contributed by atoms with Crippen molar-refractivity contribution in [3.63, 3.8) is 0 Å². The fourth-order valence-electron chi connectivity index (χ4n) is 0.760. The van der Waals surface area contributed by atoms with Crippen molar-refractivity contribution < 1.29 is 4.79 Å². The SMILES string of the molecule is CC(C)C(=O)[C@](C)(Cl)[C@H](C)Cl. The molecule has 0 radical (unpaired) electrons. The summed E-state index contributed by atoms with van der Waals surface area (Å²) >= 11 is 11.7. The molecule has 0 spiro atoms. The highest BCUT2D eigenvalue weighted by atomic mass is 35.5. The average Bonchev–Trinajstić information content (AvgIpc) is 1.85.